The second kappa shape index (κ2) is 21.6. The van der Waals surface area contributed by atoms with Crippen molar-refractivity contribution in [3.8, 4) is 0 Å². The molecule has 2 N–H and O–H groups in total. The third-order valence-electron chi connectivity index (χ3n) is 13.1. The maximum Gasteiger partial charge on any atom is -0.0120 e. The van der Waals surface area contributed by atoms with Crippen molar-refractivity contribution in [3.63, 3.8) is 0 Å². The van der Waals surface area contributed by atoms with Crippen molar-refractivity contribution in [2.24, 2.45) is 63.4 Å². The lowest BCUT2D eigenvalue weighted by Crippen LogP contribution is -2.30. The van der Waals surface area contributed by atoms with E-state index in [4.69, 9.17) is 6.58 Å². The molecule has 0 saturated heterocycles. The lowest BCUT2D eigenvalue weighted by atomic mass is 9.65. The molecule has 1 nitrogen and oxygen atoms in total. The molecule has 0 spiro atoms. The first-order valence-corrected chi connectivity index (χ1v) is 21.1. The van der Waals surface area contributed by atoms with Gasteiger partial charge in [-0.3, -0.25) is 0 Å². The monoisotopic (exact) mass is 714 g/mol. The second-order valence-electron chi connectivity index (χ2n) is 19.8. The maximum absolute atomic E-state index is 4.88. The molecule has 296 valence electrons. The molecule has 0 heterocycles. The van der Waals surface area contributed by atoms with Crippen molar-refractivity contribution in [1.82, 2.24) is 0 Å². The Bertz CT molecular complexity index is 1240. The van der Waals surface area contributed by atoms with E-state index in [9.17, 15) is 0 Å². The van der Waals surface area contributed by atoms with Gasteiger partial charge in [-0.1, -0.05) is 180 Å². The standard InChI is InChI=1S/C38H66.C11H16.C2H5N/c1-16-30(36(8,9)10)21-26(5)22-34(37(11,12)13)27(6)23-32(35-33(17-2)38(35,14)15)31(28(7)25(3)4)24-29-19-18-20-29;1-10(2)8-9-11-6-4-3-5-7-11;1-2-3/h29-35H,3,5-7,16-24H2,1-2,4,8-15H3;4,6-7H,1,3,5,8-9H2,2H3;2H,1,3H2. The number of allylic oxidation sites excluding steroid dienone is 9. The Morgan fingerprint density at radius 3 is 1.90 bits per heavy atom. The largest absolute Gasteiger partial charge is 0.405 e. The van der Waals surface area contributed by atoms with Gasteiger partial charge in [-0.05, 0) is 135 Å². The second-order valence-corrected chi connectivity index (χ2v) is 19.8. The van der Waals surface area contributed by atoms with E-state index in [1.165, 1.54) is 97.4 Å². The van der Waals surface area contributed by atoms with Gasteiger partial charge in [0, 0.05) is 0 Å². The van der Waals surface area contributed by atoms with E-state index < -0.39 is 0 Å². The average molecular weight is 714 g/mol. The number of hydrogen-bond acceptors (Lipinski definition) is 1. The maximum atomic E-state index is 4.88. The fourth-order valence-corrected chi connectivity index (χ4v) is 9.42. The molecule has 3 aliphatic rings. The molecule has 0 bridgehead atoms. The summed E-state index contributed by atoms with van der Waals surface area (Å²) in [6, 6.07) is 0. The van der Waals surface area contributed by atoms with Crippen LogP contribution >= 0.6 is 0 Å². The summed E-state index contributed by atoms with van der Waals surface area (Å²) in [5, 5.41) is 0. The highest BCUT2D eigenvalue weighted by Crippen LogP contribution is 2.67. The normalized spacial score (nSPS) is 21.7. The fraction of sp³-hybridized carbons (Fsp3) is 0.686. The minimum Gasteiger partial charge on any atom is -0.405 e. The third-order valence-corrected chi connectivity index (χ3v) is 13.1. The minimum absolute atomic E-state index is 0.173. The molecule has 1 heteroatoms. The molecule has 2 saturated carbocycles. The van der Waals surface area contributed by atoms with Crippen molar-refractivity contribution < 1.29 is 0 Å². The van der Waals surface area contributed by atoms with E-state index >= 15 is 0 Å². The van der Waals surface area contributed by atoms with Crippen LogP contribution in [0.3, 0.4) is 0 Å². The number of hydrogen-bond donors (Lipinski definition) is 1. The van der Waals surface area contributed by atoms with Crippen molar-refractivity contribution in [2.75, 3.05) is 0 Å². The third kappa shape index (κ3) is 15.2. The molecule has 6 atom stereocenters. The Morgan fingerprint density at radius 2 is 1.52 bits per heavy atom. The zero-order chi connectivity index (χ0) is 40.0. The molecule has 0 radical (unpaired) electrons. The van der Waals surface area contributed by atoms with E-state index in [1.54, 1.807) is 0 Å². The van der Waals surface area contributed by atoms with Crippen LogP contribution in [0.25, 0.3) is 0 Å². The van der Waals surface area contributed by atoms with Gasteiger partial charge in [0.05, 0.1) is 0 Å². The van der Waals surface area contributed by atoms with Crippen LogP contribution in [-0.2, 0) is 0 Å². The molecule has 6 unspecified atom stereocenters. The first-order chi connectivity index (χ1) is 24.1. The van der Waals surface area contributed by atoms with Gasteiger partial charge < -0.3 is 5.73 Å². The van der Waals surface area contributed by atoms with Gasteiger partial charge in [-0.2, -0.15) is 0 Å². The van der Waals surface area contributed by atoms with Crippen molar-refractivity contribution in [2.45, 2.75) is 167 Å². The Balaban J connectivity index is 0.000000805. The predicted molar refractivity (Wildman–Crippen MR) is 237 cm³/mol. The van der Waals surface area contributed by atoms with Crippen molar-refractivity contribution >= 4 is 0 Å². The Labute approximate surface area is 326 Å². The van der Waals surface area contributed by atoms with Crippen LogP contribution < -0.4 is 5.73 Å². The first kappa shape index (κ1) is 47.7. The van der Waals surface area contributed by atoms with Gasteiger partial charge in [0.25, 0.3) is 0 Å². The molecule has 3 aliphatic carbocycles. The summed E-state index contributed by atoms with van der Waals surface area (Å²) in [5.41, 5.74) is 13.7. The van der Waals surface area contributed by atoms with Crippen LogP contribution in [0, 0.1) is 57.7 Å². The van der Waals surface area contributed by atoms with Crippen LogP contribution in [-0.4, -0.2) is 0 Å². The van der Waals surface area contributed by atoms with Gasteiger partial charge in [0.1, 0.15) is 0 Å². The predicted octanol–water partition coefficient (Wildman–Crippen LogP) is 15.9. The molecule has 0 aliphatic heterocycles. The Hall–Kier alpha value is -2.28. The van der Waals surface area contributed by atoms with Crippen LogP contribution in [0.1, 0.15) is 167 Å². The molecular weight excluding hydrogens is 627 g/mol. The molecular formula is C51H87N. The lowest BCUT2D eigenvalue weighted by molar-refractivity contribution is 0.188. The lowest BCUT2D eigenvalue weighted by Gasteiger charge is -2.40. The van der Waals surface area contributed by atoms with Gasteiger partial charge in [0.2, 0.25) is 0 Å². The molecule has 52 heavy (non-hydrogen) atoms. The molecule has 3 rings (SSSR count). The summed E-state index contributed by atoms with van der Waals surface area (Å²) >= 11 is 0. The molecule has 2 fully saturated rings. The van der Waals surface area contributed by atoms with E-state index in [2.05, 4.69) is 140 Å². The average Bonchev–Trinajstić information content (AvgIpc) is 3.59. The molecule has 0 aromatic rings. The highest BCUT2D eigenvalue weighted by Gasteiger charge is 2.60. The van der Waals surface area contributed by atoms with Crippen molar-refractivity contribution in [3.05, 3.63) is 97.3 Å². The van der Waals surface area contributed by atoms with E-state index in [1.807, 2.05) is 0 Å². The van der Waals surface area contributed by atoms with E-state index in [-0.39, 0.29) is 5.41 Å². The van der Waals surface area contributed by atoms with Gasteiger partial charge >= 0.3 is 0 Å². The highest BCUT2D eigenvalue weighted by atomic mass is 14.6. The zero-order valence-corrected chi connectivity index (χ0v) is 36.9. The summed E-state index contributed by atoms with van der Waals surface area (Å²) < 4.78 is 0. The SMILES string of the molecule is C=C(C)CCC1=CCCC=C1.C=C(CC(CC)C(C)(C)C)CC(C(=C)CC(C(CC1CCC1)C(=C)C(=C)C)C1C(CC)C1(C)C)C(C)(C)C.C=CN. The van der Waals surface area contributed by atoms with Gasteiger partial charge in [0.15, 0.2) is 0 Å². The van der Waals surface area contributed by atoms with Crippen LogP contribution in [0.4, 0.5) is 0 Å². The Morgan fingerprint density at radius 1 is 0.923 bits per heavy atom. The van der Waals surface area contributed by atoms with Crippen LogP contribution in [0.2, 0.25) is 0 Å². The summed E-state index contributed by atoms with van der Waals surface area (Å²) in [6.45, 7) is 54.1. The fourth-order valence-electron chi connectivity index (χ4n) is 9.42. The smallest absolute Gasteiger partial charge is 0.0120 e. The topological polar surface area (TPSA) is 26.0 Å². The number of rotatable bonds is 18. The summed E-state index contributed by atoms with van der Waals surface area (Å²) in [5.74, 6) is 4.71. The van der Waals surface area contributed by atoms with E-state index in [0.29, 0.717) is 34.5 Å². The van der Waals surface area contributed by atoms with Crippen LogP contribution in [0.15, 0.2) is 97.3 Å². The van der Waals surface area contributed by atoms with Gasteiger partial charge in [-0.25, -0.2) is 0 Å². The summed E-state index contributed by atoms with van der Waals surface area (Å²) in [4.78, 5) is 0. The number of nitrogens with two attached hydrogens (primary N) is 1. The summed E-state index contributed by atoms with van der Waals surface area (Å²) in [7, 11) is 0. The molecule has 0 amide bonds. The highest BCUT2D eigenvalue weighted by molar-refractivity contribution is 5.29. The van der Waals surface area contributed by atoms with Gasteiger partial charge in [-0.15, -0.1) is 6.58 Å². The van der Waals surface area contributed by atoms with Crippen molar-refractivity contribution in [1.29, 1.82) is 0 Å². The van der Waals surface area contributed by atoms with E-state index in [0.717, 1.165) is 43.4 Å². The van der Waals surface area contributed by atoms with Crippen LogP contribution in [0.5, 0.6) is 0 Å². The molecule has 0 aromatic carbocycles. The quantitative estimate of drug-likeness (QED) is 0.111. The minimum atomic E-state index is 0.173. The Kier molecular flexibility index (Phi) is 19.8. The summed E-state index contributed by atoms with van der Waals surface area (Å²) in [6.07, 6.45) is 24.2. The zero-order valence-electron chi connectivity index (χ0n) is 36.9. The first-order valence-electron chi connectivity index (χ1n) is 21.1. The molecule has 0 aromatic heterocycles.